The Bertz CT molecular complexity index is 1880. The van der Waals surface area contributed by atoms with Gasteiger partial charge in [-0.2, -0.15) is 0 Å². The summed E-state index contributed by atoms with van der Waals surface area (Å²) in [6.07, 6.45) is 11.2. The van der Waals surface area contributed by atoms with Crippen LogP contribution in [0.15, 0.2) is 42.9 Å². The summed E-state index contributed by atoms with van der Waals surface area (Å²) in [5, 5.41) is 20.3. The zero-order valence-corrected chi connectivity index (χ0v) is 40.9. The number of aliphatic hydroxyl groups excluding tert-OH is 1. The third-order valence-corrected chi connectivity index (χ3v) is 12.5. The third-order valence-electron chi connectivity index (χ3n) is 11.4. The van der Waals surface area contributed by atoms with Crippen molar-refractivity contribution in [1.29, 1.82) is 0 Å². The number of nitrogens with two attached hydrogens (primary N) is 1. The average molecular weight is 979 g/mol. The standard InChI is InChI=1S/C46H75N8O13P/c1-32(2)27-36(51-46(61)39-20-16-22-54(39)40(56)21-24-65-26-25-64-4)43(58)50-37(28-35-29-48-31-49-35)44(59)52-38(30-55)45(60)53-41(42(47)57)33(3)67-68(62,63)66-23-15-10-8-6-5-7-9-12-17-34-18-13-11-14-19-34/h11,13-14,18-19,29,31-33,36-39,41,55H,5-10,12,15-17,20-28,30H2,1-4H3,(H2,47,57)(H,48,49)(H,50,58)(H,51,61)(H,52,59)(H,53,60)(H,62,63)/t33-,36+,37+,38+,39+,41+/m1/s1. The highest BCUT2D eigenvalue weighted by Crippen LogP contribution is 2.45. The van der Waals surface area contributed by atoms with Gasteiger partial charge in [-0.25, -0.2) is 9.55 Å². The van der Waals surface area contributed by atoms with Crippen molar-refractivity contribution in [3.05, 3.63) is 54.1 Å². The van der Waals surface area contributed by atoms with Crippen LogP contribution in [-0.4, -0.2) is 143 Å². The van der Waals surface area contributed by atoms with Gasteiger partial charge in [-0.05, 0) is 56.9 Å². The van der Waals surface area contributed by atoms with E-state index in [0.717, 1.165) is 51.4 Å². The predicted molar refractivity (Wildman–Crippen MR) is 251 cm³/mol. The minimum atomic E-state index is -4.72. The van der Waals surface area contributed by atoms with Crippen LogP contribution >= 0.6 is 7.82 Å². The van der Waals surface area contributed by atoms with E-state index < -0.39 is 80.3 Å². The summed E-state index contributed by atoms with van der Waals surface area (Å²) in [6.45, 7) is 5.07. The summed E-state index contributed by atoms with van der Waals surface area (Å²) in [5.74, 6) is -4.79. The molecule has 1 fully saturated rings. The maximum Gasteiger partial charge on any atom is 0.472 e. The number of aromatic amines is 1. The first-order valence-corrected chi connectivity index (χ1v) is 25.2. The van der Waals surface area contributed by atoms with Gasteiger partial charge in [0.15, 0.2) is 0 Å². The van der Waals surface area contributed by atoms with Crippen LogP contribution in [0.25, 0.3) is 0 Å². The fourth-order valence-corrected chi connectivity index (χ4v) is 8.67. The Balaban J connectivity index is 1.54. The molecule has 21 nitrogen and oxygen atoms in total. The van der Waals surface area contributed by atoms with Gasteiger partial charge in [-0.1, -0.05) is 82.7 Å². The van der Waals surface area contributed by atoms with Gasteiger partial charge in [0.2, 0.25) is 35.4 Å². The number of nitrogens with zero attached hydrogens (tertiary/aromatic N) is 2. The molecule has 2 heterocycles. The van der Waals surface area contributed by atoms with Crippen LogP contribution in [0.4, 0.5) is 0 Å². The molecule has 382 valence electrons. The number of amides is 6. The van der Waals surface area contributed by atoms with Crippen LogP contribution in [0, 0.1) is 5.92 Å². The zero-order valence-electron chi connectivity index (χ0n) is 40.0. The number of unbranched alkanes of at least 4 members (excludes halogenated alkanes) is 7. The summed E-state index contributed by atoms with van der Waals surface area (Å²) in [6, 6.07) is 3.64. The normalized spacial score (nSPS) is 16.8. The molecule has 0 radical (unpaired) electrons. The minimum Gasteiger partial charge on any atom is -0.394 e. The Morgan fingerprint density at radius 2 is 1.50 bits per heavy atom. The van der Waals surface area contributed by atoms with Gasteiger partial charge in [-0.15, -0.1) is 0 Å². The van der Waals surface area contributed by atoms with Gasteiger partial charge in [0.05, 0.1) is 51.9 Å². The molecule has 0 bridgehead atoms. The first-order chi connectivity index (χ1) is 32.5. The number of aromatic nitrogens is 2. The number of benzene rings is 1. The van der Waals surface area contributed by atoms with E-state index in [0.29, 0.717) is 44.7 Å². The number of hydrogen-bond donors (Lipinski definition) is 8. The molecule has 9 N–H and O–H groups in total. The molecule has 22 heteroatoms. The highest BCUT2D eigenvalue weighted by atomic mass is 31.2. The molecule has 1 aliphatic rings. The number of ether oxygens (including phenoxy) is 2. The molecule has 7 atom stereocenters. The second-order valence-corrected chi connectivity index (χ2v) is 18.8. The topological polar surface area (TPSA) is 303 Å². The summed E-state index contributed by atoms with van der Waals surface area (Å²) in [7, 11) is -3.18. The van der Waals surface area contributed by atoms with Crippen LogP contribution < -0.4 is 27.0 Å². The molecule has 6 amide bonds. The lowest BCUT2D eigenvalue weighted by Crippen LogP contribution is -2.61. The van der Waals surface area contributed by atoms with Crippen LogP contribution in [0.2, 0.25) is 0 Å². The molecular formula is C46H75N8O13P. The lowest BCUT2D eigenvalue weighted by atomic mass is 10.0. The molecule has 1 unspecified atom stereocenters. The third kappa shape index (κ3) is 21.7. The number of methoxy groups -OCH3 is 1. The van der Waals surface area contributed by atoms with Crippen molar-refractivity contribution in [2.24, 2.45) is 11.7 Å². The van der Waals surface area contributed by atoms with Crippen LogP contribution in [-0.2, 0) is 64.7 Å². The van der Waals surface area contributed by atoms with E-state index in [1.807, 2.05) is 32.0 Å². The first kappa shape index (κ1) is 57.6. The van der Waals surface area contributed by atoms with Crippen molar-refractivity contribution in [3.8, 4) is 0 Å². The van der Waals surface area contributed by atoms with Crippen molar-refractivity contribution < 1.29 is 61.9 Å². The van der Waals surface area contributed by atoms with E-state index in [9.17, 15) is 43.3 Å². The van der Waals surface area contributed by atoms with Crippen molar-refractivity contribution in [2.75, 3.05) is 46.7 Å². The van der Waals surface area contributed by atoms with Gasteiger partial charge < -0.3 is 56.4 Å². The van der Waals surface area contributed by atoms with Crippen molar-refractivity contribution >= 4 is 43.3 Å². The van der Waals surface area contributed by atoms with Gasteiger partial charge in [0.25, 0.3) is 0 Å². The number of phosphoric acid groups is 1. The quantitative estimate of drug-likeness (QED) is 0.0364. The highest BCUT2D eigenvalue weighted by Gasteiger charge is 2.38. The predicted octanol–water partition coefficient (Wildman–Crippen LogP) is 2.34. The number of hydrogen-bond acceptors (Lipinski definition) is 13. The van der Waals surface area contributed by atoms with Crippen LogP contribution in [0.1, 0.15) is 109 Å². The van der Waals surface area contributed by atoms with E-state index in [-0.39, 0.29) is 44.3 Å². The molecule has 1 aromatic heterocycles. The number of aliphatic hydroxyl groups is 1. The zero-order chi connectivity index (χ0) is 49.9. The number of aryl methyl sites for hydroxylation is 1. The number of likely N-dealkylation sites (tertiary alicyclic amines) is 1. The van der Waals surface area contributed by atoms with Gasteiger partial charge in [-0.3, -0.25) is 37.8 Å². The molecule has 68 heavy (non-hydrogen) atoms. The fraction of sp³-hybridized carbons (Fsp3) is 0.674. The van der Waals surface area contributed by atoms with Crippen LogP contribution in [0.5, 0.6) is 0 Å². The average Bonchev–Trinajstić information content (AvgIpc) is 4.02. The molecule has 0 saturated carbocycles. The van der Waals surface area contributed by atoms with Gasteiger partial charge in [0.1, 0.15) is 30.2 Å². The number of primary amides is 1. The molecule has 1 aliphatic heterocycles. The van der Waals surface area contributed by atoms with E-state index >= 15 is 0 Å². The summed E-state index contributed by atoms with van der Waals surface area (Å²) < 4.78 is 33.5. The Morgan fingerprint density at radius 1 is 0.853 bits per heavy atom. The smallest absolute Gasteiger partial charge is 0.394 e. The SMILES string of the molecule is COCCOCCC(=O)N1CCC[C@H]1C(=O)N[C@@H](CC(C)C)C(=O)N[C@@H](Cc1cnc[nH]1)C(=O)N[C@@H](CO)C(=O)N[C@H](C(N)=O)[C@@H](C)OP(=O)(O)OCCCCCCCCCCc1ccccc1. The molecule has 0 spiro atoms. The number of carbonyl (C=O) groups is 6. The van der Waals surface area contributed by atoms with Crippen molar-refractivity contribution in [2.45, 2.75) is 147 Å². The lowest BCUT2D eigenvalue weighted by molar-refractivity contribution is -0.140. The molecular weight excluding hydrogens is 904 g/mol. The van der Waals surface area contributed by atoms with Gasteiger partial charge >= 0.3 is 7.82 Å². The van der Waals surface area contributed by atoms with Gasteiger partial charge in [0, 0.05) is 32.0 Å². The molecule has 3 rings (SSSR count). The van der Waals surface area contributed by atoms with E-state index in [4.69, 9.17) is 24.3 Å². The maximum atomic E-state index is 13.9. The molecule has 1 saturated heterocycles. The second-order valence-electron chi connectivity index (χ2n) is 17.4. The summed E-state index contributed by atoms with van der Waals surface area (Å²) in [5.41, 5.74) is 7.30. The van der Waals surface area contributed by atoms with E-state index in [1.165, 1.54) is 37.0 Å². The molecule has 2 aromatic rings. The Labute approximate surface area is 399 Å². The summed E-state index contributed by atoms with van der Waals surface area (Å²) >= 11 is 0. The summed E-state index contributed by atoms with van der Waals surface area (Å²) in [4.78, 5) is 99.0. The molecule has 1 aromatic carbocycles. The van der Waals surface area contributed by atoms with E-state index in [1.54, 1.807) is 0 Å². The van der Waals surface area contributed by atoms with Crippen molar-refractivity contribution in [1.82, 2.24) is 36.1 Å². The number of phosphoric ester groups is 1. The number of carbonyl (C=O) groups excluding carboxylic acids is 6. The number of imidazole rings is 1. The molecule has 0 aliphatic carbocycles. The monoisotopic (exact) mass is 979 g/mol. The Morgan fingerprint density at radius 3 is 2.13 bits per heavy atom. The Hall–Kier alpha value is -4.76. The number of rotatable bonds is 35. The first-order valence-electron chi connectivity index (χ1n) is 23.7. The van der Waals surface area contributed by atoms with E-state index in [2.05, 4.69) is 43.4 Å². The highest BCUT2D eigenvalue weighted by molar-refractivity contribution is 7.47. The maximum absolute atomic E-state index is 13.9. The lowest BCUT2D eigenvalue weighted by Gasteiger charge is -2.29. The largest absolute Gasteiger partial charge is 0.472 e. The number of nitrogens with one attached hydrogen (secondary N) is 5. The number of H-pyrrole nitrogens is 1. The Kier molecular flexibility index (Phi) is 26.6. The fourth-order valence-electron chi connectivity index (χ4n) is 7.71. The minimum absolute atomic E-state index is 0.0633. The second kappa shape index (κ2) is 31.4. The van der Waals surface area contributed by atoms with Crippen molar-refractivity contribution in [3.63, 3.8) is 0 Å². The van der Waals surface area contributed by atoms with Crippen LogP contribution in [0.3, 0.4) is 0 Å².